The van der Waals surface area contributed by atoms with Crippen LogP contribution in [0.25, 0.3) is 0 Å². The molecule has 0 aliphatic carbocycles. The molecule has 3 heteroatoms. The fourth-order valence-electron chi connectivity index (χ4n) is 2.14. The summed E-state index contributed by atoms with van der Waals surface area (Å²) >= 11 is 0. The fraction of sp³-hybridized carbons (Fsp3) is 0.462. The molecule has 1 amide bonds. The van der Waals surface area contributed by atoms with Gasteiger partial charge in [0, 0.05) is 30.5 Å². The summed E-state index contributed by atoms with van der Waals surface area (Å²) in [5.41, 5.74) is 8.56. The molecule has 1 aliphatic heterocycles. The Bertz CT molecular complexity index is 355. The zero-order valence-electron chi connectivity index (χ0n) is 10.0. The van der Waals surface area contributed by atoms with Crippen molar-refractivity contribution in [1.82, 2.24) is 5.32 Å². The number of carbonyl (C=O) groups is 1. The van der Waals surface area contributed by atoms with E-state index in [9.17, 15) is 4.79 Å². The second-order valence-corrected chi connectivity index (χ2v) is 4.53. The van der Waals surface area contributed by atoms with Gasteiger partial charge in [-0.2, -0.15) is 0 Å². The average molecular weight is 220 g/mol. The van der Waals surface area contributed by atoms with Crippen LogP contribution in [-0.2, 0) is 4.79 Å². The van der Waals surface area contributed by atoms with Crippen molar-refractivity contribution >= 4 is 5.91 Å². The maximum absolute atomic E-state index is 11.3. The molecule has 0 saturated carbocycles. The van der Waals surface area contributed by atoms with E-state index in [0.717, 1.165) is 5.57 Å². The van der Waals surface area contributed by atoms with Gasteiger partial charge in [0.2, 0.25) is 5.91 Å². The van der Waals surface area contributed by atoms with Crippen molar-refractivity contribution in [2.24, 2.45) is 17.6 Å². The Morgan fingerprint density at radius 2 is 2.06 bits per heavy atom. The first-order chi connectivity index (χ1) is 7.41. The first kappa shape index (κ1) is 12.6. The molecule has 1 rings (SSSR count). The van der Waals surface area contributed by atoms with Gasteiger partial charge in [-0.1, -0.05) is 30.4 Å². The highest BCUT2D eigenvalue weighted by Gasteiger charge is 2.30. The van der Waals surface area contributed by atoms with Gasteiger partial charge in [0.1, 0.15) is 0 Å². The maximum atomic E-state index is 11.3. The lowest BCUT2D eigenvalue weighted by molar-refractivity contribution is -0.123. The second-order valence-electron chi connectivity index (χ2n) is 4.53. The van der Waals surface area contributed by atoms with Crippen LogP contribution in [0.2, 0.25) is 0 Å². The van der Waals surface area contributed by atoms with E-state index in [-0.39, 0.29) is 17.7 Å². The molecule has 2 atom stereocenters. The highest BCUT2D eigenvalue weighted by Crippen LogP contribution is 2.29. The van der Waals surface area contributed by atoms with Gasteiger partial charge in [-0.25, -0.2) is 0 Å². The summed E-state index contributed by atoms with van der Waals surface area (Å²) in [6, 6.07) is 0. The molecule has 88 valence electrons. The quantitative estimate of drug-likeness (QED) is 0.712. The van der Waals surface area contributed by atoms with Crippen molar-refractivity contribution in [1.29, 1.82) is 0 Å². The van der Waals surface area contributed by atoms with Crippen LogP contribution < -0.4 is 11.1 Å². The largest absolute Gasteiger partial charge is 0.402 e. The third-order valence-corrected chi connectivity index (χ3v) is 2.95. The predicted octanol–water partition coefficient (Wildman–Crippen LogP) is 1.73. The van der Waals surface area contributed by atoms with Gasteiger partial charge >= 0.3 is 0 Å². The molecule has 0 aromatic carbocycles. The molecule has 1 saturated heterocycles. The third kappa shape index (κ3) is 2.99. The van der Waals surface area contributed by atoms with E-state index in [1.54, 1.807) is 0 Å². The first-order valence-corrected chi connectivity index (χ1v) is 5.46. The number of allylic oxidation sites excluding steroid dienone is 3. The van der Waals surface area contributed by atoms with Gasteiger partial charge in [0.15, 0.2) is 0 Å². The lowest BCUT2D eigenvalue weighted by atomic mass is 9.79. The Balaban J connectivity index is 2.88. The van der Waals surface area contributed by atoms with Crippen LogP contribution in [0.3, 0.4) is 0 Å². The molecule has 0 unspecified atom stereocenters. The molecule has 3 N–H and O–H groups in total. The molecule has 1 heterocycles. The second kappa shape index (κ2) is 5.01. The standard InChI is InChI=1S/C13H20N2O/c1-8(2)5-9(3)12-7-15-13(16)6-11(12)10(4)14/h5,11-12H,1,4,6-7,14H2,2-3H3,(H,15,16)/b9-5+/t11-,12-/m1/s1. The molecule has 3 nitrogen and oxygen atoms in total. The molecule has 0 radical (unpaired) electrons. The number of rotatable bonds is 3. The number of amides is 1. The number of carbonyl (C=O) groups excluding carboxylic acids is 1. The molecular formula is C13H20N2O. The molecular weight excluding hydrogens is 200 g/mol. The Morgan fingerprint density at radius 1 is 1.44 bits per heavy atom. The van der Waals surface area contributed by atoms with Crippen LogP contribution in [0.5, 0.6) is 0 Å². The lowest BCUT2D eigenvalue weighted by Crippen LogP contribution is -2.42. The van der Waals surface area contributed by atoms with Crippen molar-refractivity contribution in [2.75, 3.05) is 6.54 Å². The van der Waals surface area contributed by atoms with E-state index < -0.39 is 0 Å². The van der Waals surface area contributed by atoms with E-state index in [1.807, 2.05) is 19.9 Å². The van der Waals surface area contributed by atoms with Crippen LogP contribution in [-0.4, -0.2) is 12.5 Å². The van der Waals surface area contributed by atoms with Crippen molar-refractivity contribution < 1.29 is 4.79 Å². The molecule has 0 aromatic heterocycles. The third-order valence-electron chi connectivity index (χ3n) is 2.95. The van der Waals surface area contributed by atoms with Gasteiger partial charge < -0.3 is 11.1 Å². The molecule has 0 bridgehead atoms. The van der Waals surface area contributed by atoms with Crippen molar-refractivity contribution in [3.8, 4) is 0 Å². The number of nitrogens with one attached hydrogen (secondary N) is 1. The zero-order valence-corrected chi connectivity index (χ0v) is 10.0. The summed E-state index contributed by atoms with van der Waals surface area (Å²) in [6.07, 6.45) is 2.47. The Hall–Kier alpha value is -1.51. The Morgan fingerprint density at radius 3 is 2.56 bits per heavy atom. The minimum absolute atomic E-state index is 0.0457. The predicted molar refractivity (Wildman–Crippen MR) is 66.5 cm³/mol. The summed E-state index contributed by atoms with van der Waals surface area (Å²) < 4.78 is 0. The summed E-state index contributed by atoms with van der Waals surface area (Å²) in [4.78, 5) is 11.3. The van der Waals surface area contributed by atoms with Gasteiger partial charge in [0.25, 0.3) is 0 Å². The van der Waals surface area contributed by atoms with Crippen LogP contribution in [0.15, 0.2) is 36.1 Å². The highest BCUT2D eigenvalue weighted by atomic mass is 16.1. The van der Waals surface area contributed by atoms with E-state index in [2.05, 4.69) is 18.5 Å². The summed E-state index contributed by atoms with van der Waals surface area (Å²) in [6.45, 7) is 12.3. The van der Waals surface area contributed by atoms with Gasteiger partial charge in [-0.05, 0) is 13.8 Å². The van der Waals surface area contributed by atoms with Crippen molar-refractivity contribution in [2.45, 2.75) is 20.3 Å². The van der Waals surface area contributed by atoms with Crippen LogP contribution in [0.4, 0.5) is 0 Å². The lowest BCUT2D eigenvalue weighted by Gasteiger charge is -2.32. The zero-order chi connectivity index (χ0) is 12.3. The molecule has 1 aliphatic rings. The van der Waals surface area contributed by atoms with Gasteiger partial charge in [0.05, 0.1) is 0 Å². The summed E-state index contributed by atoms with van der Waals surface area (Å²) in [5, 5.41) is 2.86. The van der Waals surface area contributed by atoms with Crippen LogP contribution in [0.1, 0.15) is 20.3 Å². The first-order valence-electron chi connectivity index (χ1n) is 5.46. The van der Waals surface area contributed by atoms with Gasteiger partial charge in [-0.3, -0.25) is 4.79 Å². The fourth-order valence-corrected chi connectivity index (χ4v) is 2.14. The minimum Gasteiger partial charge on any atom is -0.402 e. The van der Waals surface area contributed by atoms with Crippen LogP contribution in [0, 0.1) is 11.8 Å². The van der Waals surface area contributed by atoms with Gasteiger partial charge in [-0.15, -0.1) is 0 Å². The van der Waals surface area contributed by atoms with E-state index in [1.165, 1.54) is 5.57 Å². The number of hydrogen-bond donors (Lipinski definition) is 2. The molecule has 0 aromatic rings. The monoisotopic (exact) mass is 220 g/mol. The molecule has 1 fully saturated rings. The highest BCUT2D eigenvalue weighted by molar-refractivity contribution is 5.77. The normalized spacial score (nSPS) is 26.1. The molecule has 16 heavy (non-hydrogen) atoms. The summed E-state index contributed by atoms with van der Waals surface area (Å²) in [5.74, 6) is 0.340. The Labute approximate surface area is 97.1 Å². The number of nitrogens with two attached hydrogens (primary N) is 1. The van der Waals surface area contributed by atoms with E-state index in [4.69, 9.17) is 5.73 Å². The smallest absolute Gasteiger partial charge is 0.220 e. The number of piperidine rings is 1. The van der Waals surface area contributed by atoms with E-state index >= 15 is 0 Å². The Kier molecular flexibility index (Phi) is 3.93. The number of hydrogen-bond acceptors (Lipinski definition) is 2. The summed E-state index contributed by atoms with van der Waals surface area (Å²) in [7, 11) is 0. The van der Waals surface area contributed by atoms with Crippen molar-refractivity contribution in [3.05, 3.63) is 36.1 Å². The van der Waals surface area contributed by atoms with E-state index in [0.29, 0.717) is 18.7 Å². The SMILES string of the molecule is C=C(C)/C=C(\C)[C@H]1CNC(=O)C[C@@H]1C(=C)N. The molecule has 0 spiro atoms. The van der Waals surface area contributed by atoms with Crippen LogP contribution >= 0.6 is 0 Å². The maximum Gasteiger partial charge on any atom is 0.220 e. The van der Waals surface area contributed by atoms with Crippen molar-refractivity contribution in [3.63, 3.8) is 0 Å². The minimum atomic E-state index is 0.0457. The average Bonchev–Trinajstić information content (AvgIpc) is 2.16. The topological polar surface area (TPSA) is 55.1 Å².